The average molecular weight is 267 g/mol. The lowest BCUT2D eigenvalue weighted by Gasteiger charge is -2.23. The highest BCUT2D eigenvalue weighted by Crippen LogP contribution is 2.30. The van der Waals surface area contributed by atoms with E-state index < -0.39 is 0 Å². The number of hydrogen-bond acceptors (Lipinski definition) is 3. The fourth-order valence-electron chi connectivity index (χ4n) is 2.19. The van der Waals surface area contributed by atoms with Gasteiger partial charge in [-0.3, -0.25) is 4.68 Å². The van der Waals surface area contributed by atoms with Crippen molar-refractivity contribution < 1.29 is 4.74 Å². The first-order valence-corrected chi connectivity index (χ1v) is 7.12. The maximum atomic E-state index is 5.44. The van der Waals surface area contributed by atoms with Crippen molar-refractivity contribution in [2.75, 3.05) is 13.7 Å². The zero-order valence-electron chi connectivity index (χ0n) is 13.4. The summed E-state index contributed by atoms with van der Waals surface area (Å²) in [6, 6.07) is 0.358. The third-order valence-electron chi connectivity index (χ3n) is 3.21. The van der Waals surface area contributed by atoms with E-state index in [4.69, 9.17) is 4.74 Å². The minimum Gasteiger partial charge on any atom is -0.493 e. The van der Waals surface area contributed by atoms with Crippen molar-refractivity contribution in [1.29, 1.82) is 0 Å². The molecule has 0 bridgehead atoms. The van der Waals surface area contributed by atoms with Crippen LogP contribution in [0, 0.1) is 0 Å². The van der Waals surface area contributed by atoms with Crippen LogP contribution in [-0.2, 0) is 0 Å². The van der Waals surface area contributed by atoms with E-state index in [1.54, 1.807) is 7.11 Å². The normalized spacial score (nSPS) is 13.9. The summed E-state index contributed by atoms with van der Waals surface area (Å²) in [6.45, 7) is 14.1. The Morgan fingerprint density at radius 2 is 1.95 bits per heavy atom. The standard InChI is InChI=1S/C15H29N3O/c1-11(2)18-14(13(19-7)10-17-18)12(3)8-9-16-15(4,5)6/h10-12,16H,8-9H2,1-7H3. The van der Waals surface area contributed by atoms with Crippen LogP contribution < -0.4 is 10.1 Å². The Hall–Kier alpha value is -1.03. The van der Waals surface area contributed by atoms with Crippen LogP contribution in [0.1, 0.15) is 65.6 Å². The number of nitrogens with zero attached hydrogens (tertiary/aromatic N) is 2. The van der Waals surface area contributed by atoms with E-state index >= 15 is 0 Å². The summed E-state index contributed by atoms with van der Waals surface area (Å²) in [5.74, 6) is 1.33. The van der Waals surface area contributed by atoms with Gasteiger partial charge in [0.25, 0.3) is 0 Å². The molecule has 0 aliphatic carbocycles. The predicted molar refractivity (Wildman–Crippen MR) is 80.0 cm³/mol. The number of hydrogen-bond donors (Lipinski definition) is 1. The molecule has 0 aliphatic rings. The zero-order chi connectivity index (χ0) is 14.6. The van der Waals surface area contributed by atoms with Crippen LogP contribution in [0.15, 0.2) is 6.20 Å². The average Bonchev–Trinajstić information content (AvgIpc) is 2.70. The van der Waals surface area contributed by atoms with Crippen LogP contribution in [0.25, 0.3) is 0 Å². The van der Waals surface area contributed by atoms with Crippen molar-refractivity contribution in [3.8, 4) is 5.75 Å². The van der Waals surface area contributed by atoms with Gasteiger partial charge in [0.15, 0.2) is 5.75 Å². The third kappa shape index (κ3) is 4.53. The SMILES string of the molecule is COc1cnn(C(C)C)c1C(C)CCNC(C)(C)C. The van der Waals surface area contributed by atoms with Gasteiger partial charge in [0, 0.05) is 17.5 Å². The quantitative estimate of drug-likeness (QED) is 0.859. The van der Waals surface area contributed by atoms with Gasteiger partial charge in [0.1, 0.15) is 0 Å². The van der Waals surface area contributed by atoms with Crippen molar-refractivity contribution in [3.63, 3.8) is 0 Å². The van der Waals surface area contributed by atoms with Crippen LogP contribution in [0.5, 0.6) is 5.75 Å². The fourth-order valence-corrected chi connectivity index (χ4v) is 2.19. The largest absolute Gasteiger partial charge is 0.493 e. The molecule has 1 aromatic heterocycles. The molecule has 0 fully saturated rings. The Kier molecular flexibility index (Phi) is 5.41. The molecule has 19 heavy (non-hydrogen) atoms. The fraction of sp³-hybridized carbons (Fsp3) is 0.800. The molecule has 0 amide bonds. The van der Waals surface area contributed by atoms with Gasteiger partial charge in [-0.05, 0) is 47.6 Å². The van der Waals surface area contributed by atoms with E-state index in [-0.39, 0.29) is 5.54 Å². The summed E-state index contributed by atoms with van der Waals surface area (Å²) in [5.41, 5.74) is 1.37. The molecular formula is C15H29N3O. The van der Waals surface area contributed by atoms with Gasteiger partial charge in [-0.15, -0.1) is 0 Å². The van der Waals surface area contributed by atoms with E-state index in [2.05, 4.69) is 56.6 Å². The second kappa shape index (κ2) is 6.42. The molecule has 4 heteroatoms. The molecule has 1 unspecified atom stereocenters. The van der Waals surface area contributed by atoms with Crippen LogP contribution >= 0.6 is 0 Å². The molecule has 1 aromatic rings. The predicted octanol–water partition coefficient (Wildman–Crippen LogP) is 3.35. The van der Waals surface area contributed by atoms with E-state index in [9.17, 15) is 0 Å². The van der Waals surface area contributed by atoms with Crippen molar-refractivity contribution in [2.24, 2.45) is 0 Å². The lowest BCUT2D eigenvalue weighted by molar-refractivity contribution is 0.384. The van der Waals surface area contributed by atoms with Gasteiger partial charge in [0.05, 0.1) is 19.0 Å². The van der Waals surface area contributed by atoms with Gasteiger partial charge in [-0.2, -0.15) is 5.10 Å². The Bertz CT molecular complexity index is 391. The van der Waals surface area contributed by atoms with Crippen molar-refractivity contribution in [1.82, 2.24) is 15.1 Å². The highest BCUT2D eigenvalue weighted by molar-refractivity contribution is 5.28. The lowest BCUT2D eigenvalue weighted by atomic mass is 10.0. The van der Waals surface area contributed by atoms with Crippen LogP contribution in [-0.4, -0.2) is 29.0 Å². The molecule has 0 radical (unpaired) electrons. The molecule has 0 saturated carbocycles. The summed E-state index contributed by atoms with van der Waals surface area (Å²) >= 11 is 0. The van der Waals surface area contributed by atoms with Crippen LogP contribution in [0.4, 0.5) is 0 Å². The van der Waals surface area contributed by atoms with Gasteiger partial charge >= 0.3 is 0 Å². The second-order valence-electron chi connectivity index (χ2n) is 6.50. The summed E-state index contributed by atoms with van der Waals surface area (Å²) in [4.78, 5) is 0. The topological polar surface area (TPSA) is 39.1 Å². The van der Waals surface area contributed by atoms with E-state index in [0.29, 0.717) is 12.0 Å². The number of methoxy groups -OCH3 is 1. The molecule has 1 N–H and O–H groups in total. The van der Waals surface area contributed by atoms with Crippen LogP contribution in [0.2, 0.25) is 0 Å². The Morgan fingerprint density at radius 1 is 1.32 bits per heavy atom. The van der Waals surface area contributed by atoms with E-state index in [0.717, 1.165) is 18.7 Å². The zero-order valence-corrected chi connectivity index (χ0v) is 13.4. The summed E-state index contributed by atoms with van der Waals surface area (Å²) in [7, 11) is 1.71. The Labute approximate surface area is 117 Å². The van der Waals surface area contributed by atoms with Crippen molar-refractivity contribution in [2.45, 2.75) is 65.5 Å². The Balaban J connectivity index is 2.75. The molecule has 110 valence electrons. The highest BCUT2D eigenvalue weighted by atomic mass is 16.5. The molecule has 1 heterocycles. The lowest BCUT2D eigenvalue weighted by Crippen LogP contribution is -2.36. The Morgan fingerprint density at radius 3 is 2.42 bits per heavy atom. The number of ether oxygens (including phenoxy) is 1. The van der Waals surface area contributed by atoms with Gasteiger partial charge in [-0.25, -0.2) is 0 Å². The van der Waals surface area contributed by atoms with Gasteiger partial charge in [0.2, 0.25) is 0 Å². The summed E-state index contributed by atoms with van der Waals surface area (Å²) in [5, 5.41) is 7.97. The monoisotopic (exact) mass is 267 g/mol. The molecule has 0 aliphatic heterocycles. The number of rotatable bonds is 6. The molecular weight excluding hydrogens is 238 g/mol. The first kappa shape index (κ1) is 16.0. The molecule has 0 saturated heterocycles. The first-order chi connectivity index (χ1) is 8.76. The highest BCUT2D eigenvalue weighted by Gasteiger charge is 2.20. The minimum atomic E-state index is 0.169. The molecule has 4 nitrogen and oxygen atoms in total. The second-order valence-corrected chi connectivity index (χ2v) is 6.50. The smallest absolute Gasteiger partial charge is 0.160 e. The molecule has 1 rings (SSSR count). The maximum Gasteiger partial charge on any atom is 0.160 e. The number of aromatic nitrogens is 2. The first-order valence-electron chi connectivity index (χ1n) is 7.12. The summed E-state index contributed by atoms with van der Waals surface area (Å²) < 4.78 is 7.51. The minimum absolute atomic E-state index is 0.169. The van der Waals surface area contributed by atoms with Crippen molar-refractivity contribution >= 4 is 0 Å². The summed E-state index contributed by atoms with van der Waals surface area (Å²) in [6.07, 6.45) is 2.90. The van der Waals surface area contributed by atoms with E-state index in [1.165, 1.54) is 5.69 Å². The molecule has 0 spiro atoms. The molecule has 1 atom stereocenters. The maximum absolute atomic E-state index is 5.44. The third-order valence-corrected chi connectivity index (χ3v) is 3.21. The molecule has 0 aromatic carbocycles. The van der Waals surface area contributed by atoms with Gasteiger partial charge in [-0.1, -0.05) is 6.92 Å². The van der Waals surface area contributed by atoms with Crippen molar-refractivity contribution in [3.05, 3.63) is 11.9 Å². The number of nitrogens with one attached hydrogen (secondary N) is 1. The van der Waals surface area contributed by atoms with Crippen LogP contribution in [0.3, 0.4) is 0 Å². The van der Waals surface area contributed by atoms with E-state index in [1.807, 2.05) is 6.20 Å². The van der Waals surface area contributed by atoms with Gasteiger partial charge < -0.3 is 10.1 Å².